The number of nitrogens with two attached hydrogens (primary N) is 1. The molecule has 1 fully saturated rings. The van der Waals surface area contributed by atoms with Gasteiger partial charge >= 0.3 is 0 Å². The van der Waals surface area contributed by atoms with Crippen molar-refractivity contribution in [2.24, 2.45) is 5.73 Å². The second kappa shape index (κ2) is 7.74. The van der Waals surface area contributed by atoms with Crippen LogP contribution >= 0.6 is 0 Å². The summed E-state index contributed by atoms with van der Waals surface area (Å²) in [5, 5.41) is 0. The van der Waals surface area contributed by atoms with Crippen LogP contribution in [-0.2, 0) is 10.1 Å². The number of aryl methyl sites for hydroxylation is 1. The predicted molar refractivity (Wildman–Crippen MR) is 92.2 cm³/mol. The van der Waals surface area contributed by atoms with Gasteiger partial charge in [0.25, 0.3) is 10.1 Å². The number of hydrogen-bond donors (Lipinski definition) is 2. The van der Waals surface area contributed by atoms with Crippen LogP contribution in [0.4, 0.5) is 10.1 Å². The Kier molecular flexibility index (Phi) is 5.93. The van der Waals surface area contributed by atoms with Gasteiger partial charge in [-0.2, -0.15) is 8.42 Å². The lowest BCUT2D eigenvalue weighted by Gasteiger charge is -2.17. The van der Waals surface area contributed by atoms with E-state index in [-0.39, 0.29) is 16.8 Å². The first-order chi connectivity index (χ1) is 11.3. The SMILES string of the molecule is Cc1ccc(S(=O)(=O)O)cc1.NC1CCN(c2ccc(F)cc2)C1. The topological polar surface area (TPSA) is 83.6 Å². The van der Waals surface area contributed by atoms with Gasteiger partial charge in [0.2, 0.25) is 0 Å². The van der Waals surface area contributed by atoms with Gasteiger partial charge in [-0.1, -0.05) is 17.7 Å². The number of benzene rings is 2. The van der Waals surface area contributed by atoms with Crippen LogP contribution in [0.25, 0.3) is 0 Å². The molecular formula is C17H21FN2O3S. The van der Waals surface area contributed by atoms with Gasteiger partial charge in [0.05, 0.1) is 4.90 Å². The molecule has 3 N–H and O–H groups in total. The van der Waals surface area contributed by atoms with Gasteiger partial charge in [0.15, 0.2) is 0 Å². The Bertz CT molecular complexity index is 761. The maximum atomic E-state index is 12.6. The molecule has 2 aromatic rings. The van der Waals surface area contributed by atoms with E-state index in [9.17, 15) is 12.8 Å². The fraction of sp³-hybridized carbons (Fsp3) is 0.294. The first kappa shape index (κ1) is 18.4. The standard InChI is InChI=1S/C10H13FN2.C7H8O3S/c11-8-1-3-10(4-2-8)13-6-5-9(12)7-13;1-6-2-4-7(5-3-6)11(8,9)10/h1-4,9H,5-7,12H2;2-5H,1H3,(H,8,9,10). The van der Waals surface area contributed by atoms with Crippen LogP contribution in [0.5, 0.6) is 0 Å². The molecule has 1 aliphatic heterocycles. The Hall–Kier alpha value is -1.96. The Morgan fingerprint density at radius 3 is 2.17 bits per heavy atom. The van der Waals surface area contributed by atoms with Crippen molar-refractivity contribution in [1.29, 1.82) is 0 Å². The number of rotatable bonds is 2. The third kappa shape index (κ3) is 5.30. The highest BCUT2D eigenvalue weighted by molar-refractivity contribution is 7.85. The molecule has 1 aliphatic rings. The summed E-state index contributed by atoms with van der Waals surface area (Å²) in [6, 6.07) is 12.8. The smallest absolute Gasteiger partial charge is 0.294 e. The van der Waals surface area contributed by atoms with Crippen molar-refractivity contribution in [2.45, 2.75) is 24.3 Å². The third-order valence-electron chi connectivity index (χ3n) is 3.74. The molecule has 0 amide bonds. The maximum Gasteiger partial charge on any atom is 0.294 e. The van der Waals surface area contributed by atoms with Gasteiger partial charge in [-0.25, -0.2) is 4.39 Å². The normalized spacial score (nSPS) is 17.3. The molecule has 0 saturated carbocycles. The average molecular weight is 352 g/mol. The van der Waals surface area contributed by atoms with E-state index in [1.54, 1.807) is 24.3 Å². The third-order valence-corrected chi connectivity index (χ3v) is 4.60. The fourth-order valence-corrected chi connectivity index (χ4v) is 2.86. The summed E-state index contributed by atoms with van der Waals surface area (Å²) < 4.78 is 42.2. The minimum absolute atomic E-state index is 0.0666. The van der Waals surface area contributed by atoms with Gasteiger partial charge < -0.3 is 10.6 Å². The van der Waals surface area contributed by atoms with E-state index in [4.69, 9.17) is 10.3 Å². The Labute approximate surface area is 141 Å². The molecule has 130 valence electrons. The van der Waals surface area contributed by atoms with Crippen LogP contribution in [-0.4, -0.2) is 32.1 Å². The van der Waals surface area contributed by atoms with Crippen molar-refractivity contribution in [3.8, 4) is 0 Å². The highest BCUT2D eigenvalue weighted by Crippen LogP contribution is 2.19. The van der Waals surface area contributed by atoms with Crippen LogP contribution in [0.3, 0.4) is 0 Å². The lowest BCUT2D eigenvalue weighted by atomic mass is 10.2. The summed E-state index contributed by atoms with van der Waals surface area (Å²) in [7, 11) is -4.02. The monoisotopic (exact) mass is 352 g/mol. The van der Waals surface area contributed by atoms with E-state index in [1.165, 1.54) is 24.3 Å². The van der Waals surface area contributed by atoms with E-state index in [0.29, 0.717) is 0 Å². The molecule has 0 aromatic heterocycles. The molecule has 0 radical (unpaired) electrons. The van der Waals surface area contributed by atoms with E-state index >= 15 is 0 Å². The van der Waals surface area contributed by atoms with Crippen LogP contribution in [0, 0.1) is 12.7 Å². The van der Waals surface area contributed by atoms with Crippen molar-refractivity contribution in [1.82, 2.24) is 0 Å². The van der Waals surface area contributed by atoms with Crippen LogP contribution in [0.1, 0.15) is 12.0 Å². The lowest BCUT2D eigenvalue weighted by molar-refractivity contribution is 0.483. The second-order valence-corrected chi connectivity index (χ2v) is 7.18. The maximum absolute atomic E-state index is 12.6. The molecule has 1 heterocycles. The predicted octanol–water partition coefficient (Wildman–Crippen LogP) is 2.60. The minimum Gasteiger partial charge on any atom is -0.370 e. The van der Waals surface area contributed by atoms with Crippen molar-refractivity contribution in [3.63, 3.8) is 0 Å². The zero-order valence-electron chi connectivity index (χ0n) is 13.4. The molecular weight excluding hydrogens is 331 g/mol. The molecule has 1 atom stereocenters. The summed E-state index contributed by atoms with van der Waals surface area (Å²) in [4.78, 5) is 2.12. The van der Waals surface area contributed by atoms with E-state index < -0.39 is 10.1 Å². The van der Waals surface area contributed by atoms with E-state index in [0.717, 1.165) is 30.8 Å². The van der Waals surface area contributed by atoms with Crippen molar-refractivity contribution < 1.29 is 17.4 Å². The minimum atomic E-state index is -4.02. The molecule has 1 saturated heterocycles. The summed E-state index contributed by atoms with van der Waals surface area (Å²) in [5.41, 5.74) is 7.80. The van der Waals surface area contributed by atoms with Gasteiger partial charge in [0, 0.05) is 24.8 Å². The molecule has 2 aromatic carbocycles. The second-order valence-electron chi connectivity index (χ2n) is 5.76. The Balaban J connectivity index is 0.000000177. The Morgan fingerprint density at radius 1 is 1.12 bits per heavy atom. The molecule has 5 nitrogen and oxygen atoms in total. The summed E-state index contributed by atoms with van der Waals surface area (Å²) in [5.74, 6) is -0.188. The van der Waals surface area contributed by atoms with Crippen molar-refractivity contribution >= 4 is 15.8 Å². The van der Waals surface area contributed by atoms with Gasteiger partial charge in [-0.15, -0.1) is 0 Å². The molecule has 0 bridgehead atoms. The molecule has 0 spiro atoms. The van der Waals surface area contributed by atoms with Crippen molar-refractivity contribution in [2.75, 3.05) is 18.0 Å². The molecule has 3 rings (SSSR count). The molecule has 7 heteroatoms. The quantitative estimate of drug-likeness (QED) is 0.812. The lowest BCUT2D eigenvalue weighted by Crippen LogP contribution is -2.26. The molecule has 1 unspecified atom stereocenters. The zero-order chi connectivity index (χ0) is 17.7. The highest BCUT2D eigenvalue weighted by Gasteiger charge is 2.18. The van der Waals surface area contributed by atoms with Crippen LogP contribution in [0.2, 0.25) is 0 Å². The van der Waals surface area contributed by atoms with Gasteiger partial charge in [-0.05, 0) is 49.7 Å². The Morgan fingerprint density at radius 2 is 1.71 bits per heavy atom. The van der Waals surface area contributed by atoms with Gasteiger partial charge in [-0.3, -0.25) is 4.55 Å². The first-order valence-corrected chi connectivity index (χ1v) is 9.00. The summed E-state index contributed by atoms with van der Waals surface area (Å²) in [6.45, 7) is 3.70. The average Bonchev–Trinajstić information content (AvgIpc) is 2.95. The first-order valence-electron chi connectivity index (χ1n) is 7.56. The van der Waals surface area contributed by atoms with Crippen LogP contribution in [0.15, 0.2) is 53.4 Å². The molecule has 24 heavy (non-hydrogen) atoms. The zero-order valence-corrected chi connectivity index (χ0v) is 14.2. The largest absolute Gasteiger partial charge is 0.370 e. The fourth-order valence-electron chi connectivity index (χ4n) is 2.38. The van der Waals surface area contributed by atoms with E-state index in [2.05, 4.69) is 4.90 Å². The number of hydrogen-bond acceptors (Lipinski definition) is 4. The van der Waals surface area contributed by atoms with Crippen molar-refractivity contribution in [3.05, 3.63) is 59.9 Å². The van der Waals surface area contributed by atoms with E-state index in [1.807, 2.05) is 6.92 Å². The van der Waals surface area contributed by atoms with Gasteiger partial charge in [0.1, 0.15) is 5.82 Å². The number of halogens is 1. The van der Waals surface area contributed by atoms with Crippen LogP contribution < -0.4 is 10.6 Å². The summed E-state index contributed by atoms with van der Waals surface area (Å²) >= 11 is 0. The number of nitrogens with zero attached hydrogens (tertiary/aromatic N) is 1. The highest BCUT2D eigenvalue weighted by atomic mass is 32.2. The number of anilines is 1. The molecule has 0 aliphatic carbocycles. The summed E-state index contributed by atoms with van der Waals surface area (Å²) in [6.07, 6.45) is 1.03.